The molecular formula is C21H24N4O2. The Morgan fingerprint density at radius 1 is 1.15 bits per heavy atom. The second-order valence-electron chi connectivity index (χ2n) is 7.15. The fourth-order valence-electron chi connectivity index (χ4n) is 4.08. The van der Waals surface area contributed by atoms with Gasteiger partial charge in [-0.3, -0.25) is 0 Å². The van der Waals surface area contributed by atoms with Crippen LogP contribution in [0.25, 0.3) is 0 Å². The van der Waals surface area contributed by atoms with Gasteiger partial charge in [0.2, 0.25) is 0 Å². The lowest BCUT2D eigenvalue weighted by Gasteiger charge is -2.28. The van der Waals surface area contributed by atoms with Gasteiger partial charge >= 0.3 is 6.03 Å². The topological polar surface area (TPSA) is 72.5 Å². The van der Waals surface area contributed by atoms with Gasteiger partial charge in [-0.25, -0.2) is 4.79 Å². The zero-order chi connectivity index (χ0) is 18.6. The summed E-state index contributed by atoms with van der Waals surface area (Å²) in [4.78, 5) is 16.9. The molecule has 2 aliphatic rings. The number of carbonyl (C=O) groups is 1. The van der Waals surface area contributed by atoms with E-state index in [1.165, 1.54) is 0 Å². The molecule has 0 saturated carbocycles. The van der Waals surface area contributed by atoms with Crippen LogP contribution >= 0.6 is 0 Å². The van der Waals surface area contributed by atoms with Gasteiger partial charge in [0, 0.05) is 38.2 Å². The fraction of sp³-hybridized carbons (Fsp3) is 0.429. The number of nitrogens with zero attached hydrogens (tertiary/aromatic N) is 3. The van der Waals surface area contributed by atoms with Gasteiger partial charge in [0.25, 0.3) is 0 Å². The first-order valence-corrected chi connectivity index (χ1v) is 9.62. The second kappa shape index (κ2) is 7.75. The largest absolute Gasteiger partial charge is 0.469 e. The Hall–Kier alpha value is -2.94. The van der Waals surface area contributed by atoms with E-state index in [0.29, 0.717) is 12.1 Å². The highest BCUT2D eigenvalue weighted by atomic mass is 16.3. The van der Waals surface area contributed by atoms with Gasteiger partial charge in [-0.15, -0.1) is 0 Å². The summed E-state index contributed by atoms with van der Waals surface area (Å²) in [6, 6.07) is 11.9. The molecule has 1 fully saturated rings. The number of benzene rings is 1. The highest BCUT2D eigenvalue weighted by molar-refractivity contribution is 5.75. The van der Waals surface area contributed by atoms with Crippen LogP contribution in [-0.4, -0.2) is 37.1 Å². The monoisotopic (exact) mass is 364 g/mol. The number of amides is 2. The van der Waals surface area contributed by atoms with Crippen LogP contribution < -0.4 is 10.2 Å². The fourth-order valence-corrected chi connectivity index (χ4v) is 4.08. The van der Waals surface area contributed by atoms with Crippen molar-refractivity contribution in [2.24, 2.45) is 0 Å². The number of aryl methyl sites for hydroxylation is 1. The van der Waals surface area contributed by atoms with E-state index in [9.17, 15) is 10.1 Å². The number of nitriles is 1. The Morgan fingerprint density at radius 2 is 2.04 bits per heavy atom. The van der Waals surface area contributed by atoms with Crippen molar-refractivity contribution in [3.8, 4) is 6.07 Å². The molecule has 2 aromatic rings. The van der Waals surface area contributed by atoms with Crippen molar-refractivity contribution < 1.29 is 9.21 Å². The molecule has 6 heteroatoms. The average molecular weight is 364 g/mol. The molecule has 140 valence electrons. The van der Waals surface area contributed by atoms with Crippen LogP contribution in [0.5, 0.6) is 0 Å². The summed E-state index contributed by atoms with van der Waals surface area (Å²) in [7, 11) is 0. The first-order chi connectivity index (χ1) is 13.3. The average Bonchev–Trinajstić information content (AvgIpc) is 3.05. The third-order valence-corrected chi connectivity index (χ3v) is 5.50. The summed E-state index contributed by atoms with van der Waals surface area (Å²) >= 11 is 0. The van der Waals surface area contributed by atoms with E-state index in [0.717, 1.165) is 62.3 Å². The van der Waals surface area contributed by atoms with E-state index < -0.39 is 0 Å². The van der Waals surface area contributed by atoms with E-state index >= 15 is 0 Å². The van der Waals surface area contributed by atoms with Crippen molar-refractivity contribution >= 4 is 11.7 Å². The normalized spacial score (nSPS) is 19.7. The summed E-state index contributed by atoms with van der Waals surface area (Å²) in [5.74, 6) is 1.00. The van der Waals surface area contributed by atoms with Crippen LogP contribution in [0.1, 0.15) is 42.2 Å². The summed E-state index contributed by atoms with van der Waals surface area (Å²) < 4.78 is 5.52. The van der Waals surface area contributed by atoms with Crippen molar-refractivity contribution in [1.29, 1.82) is 5.26 Å². The first kappa shape index (κ1) is 17.5. The highest BCUT2D eigenvalue weighted by Gasteiger charge is 2.27. The number of carbonyl (C=O) groups excluding carboxylic acids is 1. The molecule has 0 bridgehead atoms. The first-order valence-electron chi connectivity index (χ1n) is 9.62. The number of urea groups is 1. The summed E-state index contributed by atoms with van der Waals surface area (Å²) in [5, 5.41) is 12.5. The van der Waals surface area contributed by atoms with Crippen LogP contribution in [0, 0.1) is 11.3 Å². The maximum atomic E-state index is 12.8. The van der Waals surface area contributed by atoms with Gasteiger partial charge in [0.1, 0.15) is 11.8 Å². The van der Waals surface area contributed by atoms with Gasteiger partial charge in [0.15, 0.2) is 0 Å². The second-order valence-corrected chi connectivity index (χ2v) is 7.15. The van der Waals surface area contributed by atoms with Crippen LogP contribution in [0.4, 0.5) is 10.5 Å². The molecule has 0 spiro atoms. The summed E-state index contributed by atoms with van der Waals surface area (Å²) in [6.45, 7) is 2.95. The van der Waals surface area contributed by atoms with Crippen molar-refractivity contribution in [3.05, 3.63) is 53.5 Å². The SMILES string of the molecule is N#Cc1ccccc1N1CCCN(C(=O)NC2CCCc3occc32)CC1. The minimum atomic E-state index is -0.00975. The zero-order valence-electron chi connectivity index (χ0n) is 15.4. The van der Waals surface area contributed by atoms with Crippen LogP contribution in [0.15, 0.2) is 41.0 Å². The molecule has 27 heavy (non-hydrogen) atoms. The number of furan rings is 1. The molecular weight excluding hydrogens is 340 g/mol. The Bertz CT molecular complexity index is 854. The van der Waals surface area contributed by atoms with Crippen molar-refractivity contribution in [3.63, 3.8) is 0 Å². The molecule has 4 rings (SSSR count). The number of hydrogen-bond acceptors (Lipinski definition) is 4. The molecule has 6 nitrogen and oxygen atoms in total. The van der Waals surface area contributed by atoms with Crippen LogP contribution in [0.2, 0.25) is 0 Å². The molecule has 2 amide bonds. The lowest BCUT2D eigenvalue weighted by atomic mass is 9.93. The van der Waals surface area contributed by atoms with Gasteiger partial charge < -0.3 is 19.5 Å². The number of hydrogen-bond donors (Lipinski definition) is 1. The Balaban J connectivity index is 1.40. The highest BCUT2D eigenvalue weighted by Crippen LogP contribution is 2.30. The number of nitrogens with one attached hydrogen (secondary N) is 1. The maximum Gasteiger partial charge on any atom is 0.317 e. The molecule has 1 aliphatic carbocycles. The van der Waals surface area contributed by atoms with Gasteiger partial charge in [-0.1, -0.05) is 12.1 Å². The van der Waals surface area contributed by atoms with Gasteiger partial charge in [-0.2, -0.15) is 5.26 Å². The summed E-state index contributed by atoms with van der Waals surface area (Å²) in [5.41, 5.74) is 2.76. The molecule has 1 N–H and O–H groups in total. The minimum absolute atomic E-state index is 0.00975. The molecule has 1 aliphatic heterocycles. The predicted octanol–water partition coefficient (Wildman–Crippen LogP) is 3.45. The van der Waals surface area contributed by atoms with Crippen LogP contribution in [-0.2, 0) is 6.42 Å². The molecule has 1 aromatic carbocycles. The Kier molecular flexibility index (Phi) is 5.01. The lowest BCUT2D eigenvalue weighted by molar-refractivity contribution is 0.195. The number of fused-ring (bicyclic) bond motifs is 1. The molecule has 1 unspecified atom stereocenters. The van der Waals surface area contributed by atoms with E-state index in [4.69, 9.17) is 4.42 Å². The number of rotatable bonds is 2. The predicted molar refractivity (Wildman–Crippen MR) is 102 cm³/mol. The van der Waals surface area contributed by atoms with Crippen molar-refractivity contribution in [1.82, 2.24) is 10.2 Å². The summed E-state index contributed by atoms with van der Waals surface area (Å²) in [6.07, 6.45) is 5.53. The smallest absolute Gasteiger partial charge is 0.317 e. The van der Waals surface area contributed by atoms with Crippen LogP contribution in [0.3, 0.4) is 0 Å². The van der Waals surface area contributed by atoms with Crippen molar-refractivity contribution in [2.75, 3.05) is 31.1 Å². The lowest BCUT2D eigenvalue weighted by Crippen LogP contribution is -2.44. The van der Waals surface area contributed by atoms with Crippen molar-refractivity contribution in [2.45, 2.75) is 31.7 Å². The molecule has 1 atom stereocenters. The standard InChI is InChI=1S/C21H24N4O2/c22-15-16-5-1-2-7-19(16)24-10-4-11-25(13-12-24)21(26)23-18-6-3-8-20-17(18)9-14-27-20/h1-2,5,7,9,14,18H,3-4,6,8,10-13H2,(H,23,26). The third-order valence-electron chi connectivity index (χ3n) is 5.50. The van der Waals surface area contributed by atoms with Gasteiger partial charge in [0.05, 0.1) is 23.6 Å². The van der Waals surface area contributed by atoms with E-state index in [1.807, 2.05) is 35.2 Å². The molecule has 0 radical (unpaired) electrons. The quantitative estimate of drug-likeness (QED) is 0.886. The number of anilines is 1. The number of para-hydroxylation sites is 1. The van der Waals surface area contributed by atoms with E-state index in [1.54, 1.807) is 6.26 Å². The zero-order valence-corrected chi connectivity index (χ0v) is 15.4. The molecule has 2 heterocycles. The van der Waals surface area contributed by atoms with Gasteiger partial charge in [-0.05, 0) is 37.5 Å². The van der Waals surface area contributed by atoms with E-state index in [-0.39, 0.29) is 12.1 Å². The Morgan fingerprint density at radius 3 is 2.93 bits per heavy atom. The minimum Gasteiger partial charge on any atom is -0.469 e. The molecule has 1 saturated heterocycles. The maximum absolute atomic E-state index is 12.8. The Labute approximate surface area is 159 Å². The third kappa shape index (κ3) is 3.63. The molecule has 1 aromatic heterocycles. The van der Waals surface area contributed by atoms with E-state index in [2.05, 4.69) is 16.3 Å².